The number of amides is 3. The number of carbonyl (C=O) groups is 2. The van der Waals surface area contributed by atoms with Crippen LogP contribution in [-0.4, -0.2) is 77.2 Å². The number of hydrogen-bond donors (Lipinski definition) is 1. The molecule has 0 unspecified atom stereocenters. The van der Waals surface area contributed by atoms with E-state index in [0.29, 0.717) is 26.2 Å². The average Bonchev–Trinajstić information content (AvgIpc) is 3.09. The molecule has 1 atom stereocenters. The van der Waals surface area contributed by atoms with E-state index in [9.17, 15) is 9.59 Å². The Kier molecular flexibility index (Phi) is 8.63. The van der Waals surface area contributed by atoms with Crippen LogP contribution < -0.4 is 10.2 Å². The van der Waals surface area contributed by atoms with Crippen LogP contribution in [0.15, 0.2) is 36.4 Å². The van der Waals surface area contributed by atoms with Gasteiger partial charge in [-0.1, -0.05) is 36.8 Å². The molecule has 2 aromatic rings. The summed E-state index contributed by atoms with van der Waals surface area (Å²) in [5.74, 6) is 0.813. The van der Waals surface area contributed by atoms with Gasteiger partial charge in [-0.05, 0) is 45.7 Å². The quantitative estimate of drug-likeness (QED) is 0.697. The summed E-state index contributed by atoms with van der Waals surface area (Å²) in [7, 11) is 0. The summed E-state index contributed by atoms with van der Waals surface area (Å²) in [6.07, 6.45) is 1.65. The van der Waals surface area contributed by atoms with E-state index in [1.165, 1.54) is 5.56 Å². The fourth-order valence-corrected chi connectivity index (χ4v) is 3.91. The lowest BCUT2D eigenvalue weighted by atomic mass is 10.1. The van der Waals surface area contributed by atoms with Crippen molar-refractivity contribution >= 4 is 17.8 Å². The van der Waals surface area contributed by atoms with Crippen molar-refractivity contribution in [2.75, 3.05) is 44.2 Å². The molecule has 8 nitrogen and oxygen atoms in total. The summed E-state index contributed by atoms with van der Waals surface area (Å²) >= 11 is 0. The first kappa shape index (κ1) is 24.5. The van der Waals surface area contributed by atoms with Gasteiger partial charge in [0.1, 0.15) is 6.54 Å². The van der Waals surface area contributed by atoms with Gasteiger partial charge in [0.05, 0.1) is 5.69 Å². The van der Waals surface area contributed by atoms with Crippen LogP contribution in [0.2, 0.25) is 0 Å². The third-order valence-corrected chi connectivity index (χ3v) is 6.19. The van der Waals surface area contributed by atoms with E-state index in [2.05, 4.69) is 51.6 Å². The second-order valence-corrected chi connectivity index (χ2v) is 8.58. The smallest absolute Gasteiger partial charge is 0.318 e. The molecule has 1 fully saturated rings. The van der Waals surface area contributed by atoms with E-state index in [1.54, 1.807) is 4.90 Å². The summed E-state index contributed by atoms with van der Waals surface area (Å²) in [5.41, 5.74) is 3.11. The number of nitrogens with zero attached hydrogens (tertiary/aromatic N) is 5. The normalized spacial score (nSPS) is 15.0. The molecule has 3 amide bonds. The molecule has 8 heteroatoms. The summed E-state index contributed by atoms with van der Waals surface area (Å²) in [6.45, 7) is 11.4. The number of urea groups is 1. The SMILES string of the molecule is CCNC(=O)N(CC(=O)N1CCCN(c2ccc(-c3ccc(C)cc3)nn2)CC1)[C@H](C)CC. The van der Waals surface area contributed by atoms with Crippen molar-refractivity contribution in [1.82, 2.24) is 25.3 Å². The number of aromatic nitrogens is 2. The van der Waals surface area contributed by atoms with Crippen molar-refractivity contribution in [3.8, 4) is 11.3 Å². The molecule has 33 heavy (non-hydrogen) atoms. The van der Waals surface area contributed by atoms with Crippen molar-refractivity contribution in [1.29, 1.82) is 0 Å². The van der Waals surface area contributed by atoms with E-state index in [4.69, 9.17) is 0 Å². The Morgan fingerprint density at radius 3 is 2.42 bits per heavy atom. The Bertz CT molecular complexity index is 915. The fourth-order valence-electron chi connectivity index (χ4n) is 3.91. The molecule has 1 N–H and O–H groups in total. The summed E-state index contributed by atoms with van der Waals surface area (Å²) in [4.78, 5) is 31.1. The highest BCUT2D eigenvalue weighted by molar-refractivity contribution is 5.84. The predicted octanol–water partition coefficient (Wildman–Crippen LogP) is 3.32. The number of nitrogens with one attached hydrogen (secondary N) is 1. The number of rotatable bonds is 7. The summed E-state index contributed by atoms with van der Waals surface area (Å²) in [6, 6.07) is 12.1. The van der Waals surface area contributed by atoms with E-state index in [1.807, 2.05) is 37.8 Å². The van der Waals surface area contributed by atoms with Gasteiger partial charge in [-0.25, -0.2) is 4.79 Å². The van der Waals surface area contributed by atoms with Gasteiger partial charge in [0.2, 0.25) is 5.91 Å². The van der Waals surface area contributed by atoms with Crippen LogP contribution in [0.5, 0.6) is 0 Å². The van der Waals surface area contributed by atoms with Gasteiger partial charge in [0.15, 0.2) is 5.82 Å². The van der Waals surface area contributed by atoms with E-state index in [0.717, 1.165) is 36.5 Å². The van der Waals surface area contributed by atoms with Crippen LogP contribution in [0.1, 0.15) is 39.2 Å². The molecule has 1 aromatic heterocycles. The van der Waals surface area contributed by atoms with Crippen molar-refractivity contribution in [2.45, 2.75) is 46.6 Å². The average molecular weight is 453 g/mol. The predicted molar refractivity (Wildman–Crippen MR) is 131 cm³/mol. The van der Waals surface area contributed by atoms with E-state index < -0.39 is 0 Å². The van der Waals surface area contributed by atoms with Crippen molar-refractivity contribution in [3.63, 3.8) is 0 Å². The van der Waals surface area contributed by atoms with Crippen molar-refractivity contribution < 1.29 is 9.59 Å². The van der Waals surface area contributed by atoms with Gasteiger partial charge in [-0.2, -0.15) is 0 Å². The molecule has 1 saturated heterocycles. The molecular formula is C25H36N6O2. The lowest BCUT2D eigenvalue weighted by Crippen LogP contribution is -2.50. The maximum absolute atomic E-state index is 13.0. The highest BCUT2D eigenvalue weighted by Gasteiger charge is 2.26. The van der Waals surface area contributed by atoms with Crippen LogP contribution >= 0.6 is 0 Å². The standard InChI is InChI=1S/C25H36N6O2/c1-5-20(4)31(25(33)26-6-2)18-24(32)30-15-7-14-29(16-17-30)23-13-12-22(27-28-23)21-10-8-19(3)9-11-21/h8-13,20H,5-7,14-18H2,1-4H3,(H,26,33)/t20-/m1/s1. The largest absolute Gasteiger partial charge is 0.353 e. The van der Waals surface area contributed by atoms with Gasteiger partial charge in [-0.15, -0.1) is 10.2 Å². The lowest BCUT2D eigenvalue weighted by Gasteiger charge is -2.30. The minimum atomic E-state index is -0.180. The number of anilines is 1. The first-order chi connectivity index (χ1) is 15.9. The third kappa shape index (κ3) is 6.43. The topological polar surface area (TPSA) is 81.7 Å². The van der Waals surface area contributed by atoms with Crippen molar-refractivity contribution in [3.05, 3.63) is 42.0 Å². The van der Waals surface area contributed by atoms with Gasteiger partial charge in [0.25, 0.3) is 0 Å². The Morgan fingerprint density at radius 1 is 1.03 bits per heavy atom. The van der Waals surface area contributed by atoms with E-state index >= 15 is 0 Å². The van der Waals surface area contributed by atoms with Crippen LogP contribution in [-0.2, 0) is 4.79 Å². The summed E-state index contributed by atoms with van der Waals surface area (Å²) < 4.78 is 0. The zero-order chi connectivity index (χ0) is 23.8. The highest BCUT2D eigenvalue weighted by atomic mass is 16.2. The Labute approximate surface area is 197 Å². The monoisotopic (exact) mass is 452 g/mol. The van der Waals surface area contributed by atoms with Crippen LogP contribution in [0.25, 0.3) is 11.3 Å². The number of benzene rings is 1. The van der Waals surface area contributed by atoms with Gasteiger partial charge in [0, 0.05) is 44.3 Å². The number of aryl methyl sites for hydroxylation is 1. The maximum atomic E-state index is 13.0. The first-order valence-electron chi connectivity index (χ1n) is 11.9. The molecular weight excluding hydrogens is 416 g/mol. The minimum absolute atomic E-state index is 0.00583. The molecule has 1 aromatic carbocycles. The molecule has 0 saturated carbocycles. The zero-order valence-electron chi connectivity index (χ0n) is 20.3. The molecule has 1 aliphatic heterocycles. The van der Waals surface area contributed by atoms with Crippen molar-refractivity contribution in [2.24, 2.45) is 0 Å². The second kappa shape index (κ2) is 11.6. The zero-order valence-corrected chi connectivity index (χ0v) is 20.3. The second-order valence-electron chi connectivity index (χ2n) is 8.58. The molecule has 0 aliphatic carbocycles. The highest BCUT2D eigenvalue weighted by Crippen LogP contribution is 2.20. The minimum Gasteiger partial charge on any atom is -0.353 e. The number of carbonyl (C=O) groups excluding carboxylic acids is 2. The van der Waals surface area contributed by atoms with Crippen LogP contribution in [0.3, 0.4) is 0 Å². The van der Waals surface area contributed by atoms with Gasteiger partial charge in [-0.3, -0.25) is 4.79 Å². The Balaban J connectivity index is 1.60. The lowest BCUT2D eigenvalue weighted by molar-refractivity contribution is -0.132. The number of hydrogen-bond acceptors (Lipinski definition) is 5. The van der Waals surface area contributed by atoms with Gasteiger partial charge >= 0.3 is 6.03 Å². The Morgan fingerprint density at radius 2 is 1.79 bits per heavy atom. The molecule has 178 valence electrons. The Hall–Kier alpha value is -3.16. The van der Waals surface area contributed by atoms with Gasteiger partial charge < -0.3 is 20.0 Å². The fraction of sp³-hybridized carbons (Fsp3) is 0.520. The third-order valence-electron chi connectivity index (χ3n) is 6.19. The van der Waals surface area contributed by atoms with Crippen LogP contribution in [0.4, 0.5) is 10.6 Å². The molecule has 0 bridgehead atoms. The van der Waals surface area contributed by atoms with Crippen LogP contribution in [0, 0.1) is 6.92 Å². The molecule has 0 radical (unpaired) electrons. The van der Waals surface area contributed by atoms with E-state index in [-0.39, 0.29) is 24.5 Å². The molecule has 1 aliphatic rings. The molecule has 3 rings (SSSR count). The summed E-state index contributed by atoms with van der Waals surface area (Å²) in [5, 5.41) is 11.7. The maximum Gasteiger partial charge on any atom is 0.318 e. The molecule has 0 spiro atoms. The molecule has 2 heterocycles. The first-order valence-corrected chi connectivity index (χ1v) is 11.9.